The highest BCUT2D eigenvalue weighted by Gasteiger charge is 2.51. The minimum Gasteiger partial charge on any atom is -0.493 e. The number of aromatic amines is 1. The molecule has 166 valence electrons. The Balaban J connectivity index is 1.62. The van der Waals surface area contributed by atoms with Crippen LogP contribution >= 0.6 is 15.9 Å². The molecule has 1 fully saturated rings. The third-order valence-corrected chi connectivity index (χ3v) is 6.15. The molecule has 1 aromatic heterocycles. The lowest BCUT2D eigenvalue weighted by Gasteiger charge is -2.31. The number of amidine groups is 1. The van der Waals surface area contributed by atoms with E-state index in [-0.39, 0.29) is 17.5 Å². The summed E-state index contributed by atoms with van der Waals surface area (Å²) in [5.41, 5.74) is 1.89. The van der Waals surface area contributed by atoms with E-state index in [1.807, 2.05) is 48.5 Å². The van der Waals surface area contributed by atoms with Crippen molar-refractivity contribution in [3.05, 3.63) is 58.6 Å². The predicted octanol–water partition coefficient (Wildman–Crippen LogP) is 3.59. The Hall–Kier alpha value is -3.86. The van der Waals surface area contributed by atoms with Gasteiger partial charge in [-0.3, -0.25) is 14.6 Å². The highest BCUT2D eigenvalue weighted by atomic mass is 79.9. The van der Waals surface area contributed by atoms with Crippen LogP contribution in [0.4, 0.5) is 10.5 Å². The van der Waals surface area contributed by atoms with Crippen LogP contribution in [-0.2, 0) is 11.3 Å². The SMILES string of the molecule is CN1C(=O)C2C(=NC(N=Nc3c(O)[nH]c4ccc(Br)cc34)=[N+]2Cc2ccccc2)N(C)C1=O. The van der Waals surface area contributed by atoms with Crippen molar-refractivity contribution in [3.8, 4) is 5.88 Å². The zero-order valence-corrected chi connectivity index (χ0v) is 19.3. The molecule has 1 atom stereocenters. The molecule has 2 aliphatic rings. The Morgan fingerprint density at radius 3 is 2.64 bits per heavy atom. The molecule has 0 spiro atoms. The summed E-state index contributed by atoms with van der Waals surface area (Å²) in [4.78, 5) is 35.2. The Labute approximate surface area is 196 Å². The molecule has 0 aliphatic carbocycles. The molecule has 1 unspecified atom stereocenters. The van der Waals surface area contributed by atoms with Crippen molar-refractivity contribution in [3.63, 3.8) is 0 Å². The first kappa shape index (κ1) is 21.0. The lowest BCUT2D eigenvalue weighted by atomic mass is 10.1. The second kappa shape index (κ2) is 7.93. The fraction of sp³-hybridized carbons (Fsp3) is 0.182. The molecule has 33 heavy (non-hydrogen) atoms. The maximum absolute atomic E-state index is 13.0. The number of azo groups is 1. The van der Waals surface area contributed by atoms with Crippen molar-refractivity contribution < 1.29 is 19.3 Å². The minimum atomic E-state index is -0.808. The molecule has 3 amide bonds. The number of guanidine groups is 1. The number of hydrogen-bond acceptors (Lipinski definition) is 6. The highest BCUT2D eigenvalue weighted by Crippen LogP contribution is 2.37. The summed E-state index contributed by atoms with van der Waals surface area (Å²) in [6.07, 6.45) is 0. The summed E-state index contributed by atoms with van der Waals surface area (Å²) in [5, 5.41) is 19.6. The largest absolute Gasteiger partial charge is 0.493 e. The maximum Gasteiger partial charge on any atom is 0.454 e. The number of aromatic hydroxyl groups is 1. The number of aliphatic imine (C=N–C) groups is 1. The number of rotatable bonds is 3. The van der Waals surface area contributed by atoms with E-state index in [4.69, 9.17) is 0 Å². The molecule has 0 saturated carbocycles. The van der Waals surface area contributed by atoms with Crippen LogP contribution < -0.4 is 0 Å². The molecular formula is C22H19BrN7O3+. The molecule has 1 saturated heterocycles. The van der Waals surface area contributed by atoms with E-state index in [1.54, 1.807) is 11.6 Å². The normalized spacial score (nSPS) is 18.6. The number of carbonyl (C=O) groups excluding carboxylic acids is 2. The Kier molecular flexibility index (Phi) is 5.05. The average Bonchev–Trinajstić information content (AvgIpc) is 3.32. The number of fused-ring (bicyclic) bond motifs is 2. The van der Waals surface area contributed by atoms with Crippen LogP contribution in [0.15, 0.2) is 68.2 Å². The number of carbonyl (C=O) groups is 2. The van der Waals surface area contributed by atoms with Gasteiger partial charge < -0.3 is 10.1 Å². The third-order valence-electron chi connectivity index (χ3n) is 5.66. The molecule has 11 heteroatoms. The number of hydrogen-bond donors (Lipinski definition) is 2. The number of benzene rings is 2. The third kappa shape index (κ3) is 3.50. The maximum atomic E-state index is 13.0. The van der Waals surface area contributed by atoms with E-state index >= 15 is 0 Å². The summed E-state index contributed by atoms with van der Waals surface area (Å²) in [6.45, 7) is 0.333. The Morgan fingerprint density at radius 2 is 1.88 bits per heavy atom. The first-order valence-corrected chi connectivity index (χ1v) is 10.9. The van der Waals surface area contributed by atoms with Gasteiger partial charge in [0.05, 0.1) is 12.1 Å². The van der Waals surface area contributed by atoms with Crippen molar-refractivity contribution in [2.24, 2.45) is 15.2 Å². The number of halogens is 1. The Bertz CT molecular complexity index is 1390. The van der Waals surface area contributed by atoms with Crippen LogP contribution in [-0.4, -0.2) is 68.3 Å². The summed E-state index contributed by atoms with van der Waals surface area (Å²) in [5.74, 6) is -0.0603. The Morgan fingerprint density at radius 1 is 1.12 bits per heavy atom. The molecule has 10 nitrogen and oxygen atoms in total. The summed E-state index contributed by atoms with van der Waals surface area (Å²) in [6, 6.07) is 13.8. The molecule has 2 aliphatic heterocycles. The second-order valence-corrected chi connectivity index (χ2v) is 8.65. The number of urea groups is 1. The van der Waals surface area contributed by atoms with Crippen molar-refractivity contribution >= 4 is 56.3 Å². The standard InChI is InChI=1S/C22H18BrN7O3/c1-28-18-17(20(32)29(2)22(28)33)30(11-12-6-4-3-5-7-12)21(25-18)27-26-16-14-10-13(23)8-9-15(14)24-19(16)31/h3-10,17H,11H2,1-2H3,(H,24,26,31)/p+1. The van der Waals surface area contributed by atoms with E-state index in [0.717, 1.165) is 14.9 Å². The molecule has 2 aromatic carbocycles. The molecular weight excluding hydrogens is 490 g/mol. The molecule has 3 aromatic rings. The fourth-order valence-electron chi connectivity index (χ4n) is 3.94. The fourth-order valence-corrected chi connectivity index (χ4v) is 4.30. The smallest absolute Gasteiger partial charge is 0.454 e. The van der Waals surface area contributed by atoms with Crippen LogP contribution in [0.1, 0.15) is 5.56 Å². The zero-order chi connectivity index (χ0) is 23.3. The molecule has 0 bridgehead atoms. The van der Waals surface area contributed by atoms with Gasteiger partial charge in [0.2, 0.25) is 17.8 Å². The van der Waals surface area contributed by atoms with Gasteiger partial charge in [0.25, 0.3) is 5.91 Å². The number of amides is 3. The molecule has 0 radical (unpaired) electrons. The summed E-state index contributed by atoms with van der Waals surface area (Å²) in [7, 11) is 3.01. The van der Waals surface area contributed by atoms with E-state index < -0.39 is 18.0 Å². The number of H-pyrrole nitrogens is 1. The van der Waals surface area contributed by atoms with E-state index in [2.05, 4.69) is 36.1 Å². The highest BCUT2D eigenvalue weighted by molar-refractivity contribution is 9.10. The van der Waals surface area contributed by atoms with Gasteiger partial charge in [0.15, 0.2) is 5.69 Å². The average molecular weight is 509 g/mol. The van der Waals surface area contributed by atoms with Gasteiger partial charge in [0.1, 0.15) is 0 Å². The van der Waals surface area contributed by atoms with Gasteiger partial charge in [-0.1, -0.05) is 51.4 Å². The molecule has 3 heterocycles. The van der Waals surface area contributed by atoms with Crippen LogP contribution in [0, 0.1) is 0 Å². The van der Waals surface area contributed by atoms with Gasteiger partial charge in [-0.25, -0.2) is 9.37 Å². The number of nitrogens with one attached hydrogen (secondary N) is 1. The predicted molar refractivity (Wildman–Crippen MR) is 125 cm³/mol. The van der Waals surface area contributed by atoms with Crippen LogP contribution in [0.3, 0.4) is 0 Å². The number of imide groups is 1. The first-order chi connectivity index (χ1) is 15.8. The molecule has 2 N–H and O–H groups in total. The first-order valence-electron chi connectivity index (χ1n) is 10.1. The number of nitrogens with zero attached hydrogens (tertiary/aromatic N) is 6. The quantitative estimate of drug-likeness (QED) is 0.415. The van der Waals surface area contributed by atoms with Crippen LogP contribution in [0.25, 0.3) is 10.9 Å². The van der Waals surface area contributed by atoms with Crippen molar-refractivity contribution in [1.29, 1.82) is 0 Å². The monoisotopic (exact) mass is 508 g/mol. The van der Waals surface area contributed by atoms with E-state index in [9.17, 15) is 14.7 Å². The van der Waals surface area contributed by atoms with Gasteiger partial charge >= 0.3 is 12.0 Å². The summed E-state index contributed by atoms with van der Waals surface area (Å²) < 4.78 is 2.53. The van der Waals surface area contributed by atoms with Gasteiger partial charge in [-0.05, 0) is 28.8 Å². The lowest BCUT2D eigenvalue weighted by molar-refractivity contribution is -0.552. The topological polar surface area (TPSA) is 117 Å². The second-order valence-electron chi connectivity index (χ2n) is 7.74. The van der Waals surface area contributed by atoms with Crippen molar-refractivity contribution in [2.75, 3.05) is 14.1 Å². The van der Waals surface area contributed by atoms with Crippen LogP contribution in [0.5, 0.6) is 5.88 Å². The zero-order valence-electron chi connectivity index (χ0n) is 17.7. The number of likely N-dealkylation sites (N-methyl/N-ethyl adjacent to an activating group) is 2. The minimum absolute atomic E-state index is 0.131. The summed E-state index contributed by atoms with van der Waals surface area (Å²) >= 11 is 3.42. The van der Waals surface area contributed by atoms with Crippen molar-refractivity contribution in [2.45, 2.75) is 12.6 Å². The van der Waals surface area contributed by atoms with Crippen LogP contribution in [0.2, 0.25) is 0 Å². The van der Waals surface area contributed by atoms with Crippen molar-refractivity contribution in [1.82, 2.24) is 14.8 Å². The van der Waals surface area contributed by atoms with E-state index in [1.165, 1.54) is 11.9 Å². The van der Waals surface area contributed by atoms with E-state index in [0.29, 0.717) is 23.3 Å². The van der Waals surface area contributed by atoms with Gasteiger partial charge in [0, 0.05) is 29.1 Å². The lowest BCUT2D eigenvalue weighted by Crippen LogP contribution is -2.61. The van der Waals surface area contributed by atoms with Gasteiger partial charge in [-0.2, -0.15) is 0 Å². The number of aromatic nitrogens is 1. The molecule has 5 rings (SSSR count). The van der Waals surface area contributed by atoms with Gasteiger partial charge in [-0.15, -0.1) is 0 Å².